The Bertz CT molecular complexity index is 4960. The van der Waals surface area contributed by atoms with Crippen LogP contribution in [0.2, 0.25) is 10.0 Å². The molecule has 38 nitrogen and oxygen atoms in total. The number of thioether (sulfide) groups is 1. The second-order valence-corrected chi connectivity index (χ2v) is 31.3. The molecule has 0 radical (unpaired) electrons. The molecule has 6 aromatic carbocycles. The summed E-state index contributed by atoms with van der Waals surface area (Å²) in [4.78, 5) is 144. The Kier molecular flexibility index (Phi) is 29.3. The molecule has 0 unspecified atom stereocenters. The van der Waals surface area contributed by atoms with Gasteiger partial charge in [0.25, 0.3) is 0 Å². The van der Waals surface area contributed by atoms with Gasteiger partial charge in [0.2, 0.25) is 59.3 Å². The van der Waals surface area contributed by atoms with Gasteiger partial charge in [-0.25, -0.2) is 4.79 Å². The van der Waals surface area contributed by atoms with Crippen molar-refractivity contribution in [2.45, 2.75) is 174 Å². The van der Waals surface area contributed by atoms with Crippen LogP contribution in [0.15, 0.2) is 116 Å². The molecule has 7 aliphatic heterocycles. The zero-order valence-corrected chi connectivity index (χ0v) is 67.1. The van der Waals surface area contributed by atoms with Crippen molar-refractivity contribution in [1.82, 2.24) is 42.5 Å². The molecular formula is C80H90Cl2N10O28S. The van der Waals surface area contributed by atoms with Crippen LogP contribution in [0, 0.1) is 0 Å². The number of aliphatic carboxylic acids is 2. The van der Waals surface area contributed by atoms with Crippen LogP contribution in [-0.4, -0.2) is 226 Å². The van der Waals surface area contributed by atoms with Gasteiger partial charge in [-0.1, -0.05) is 59.6 Å². The number of hydrogen-bond donors (Lipinski definition) is 21. The highest BCUT2D eigenvalue weighted by Crippen LogP contribution is 2.50. The van der Waals surface area contributed by atoms with Crippen molar-refractivity contribution in [3.8, 4) is 62.9 Å². The number of halogens is 2. The lowest BCUT2D eigenvalue weighted by molar-refractivity contribution is -0.334. The van der Waals surface area contributed by atoms with E-state index in [1.807, 2.05) is 6.07 Å². The number of hydrogen-bond acceptors (Lipinski definition) is 29. The van der Waals surface area contributed by atoms with Crippen LogP contribution in [0.1, 0.15) is 116 Å². The number of carbonyl (C=O) groups is 10. The summed E-state index contributed by atoms with van der Waals surface area (Å²) in [6.45, 7) is 6.46. The van der Waals surface area contributed by atoms with Crippen LogP contribution < -0.4 is 72.9 Å². The van der Waals surface area contributed by atoms with Crippen molar-refractivity contribution in [1.29, 1.82) is 0 Å². The first-order chi connectivity index (χ1) is 57.5. The lowest BCUT2D eigenvalue weighted by Gasteiger charge is -2.48. The molecule has 2 saturated heterocycles. The first-order valence-electron chi connectivity index (χ1n) is 37.8. The Morgan fingerprint density at radius 2 is 1.39 bits per heavy atom. The molecule has 13 rings (SSSR count). The van der Waals surface area contributed by atoms with Gasteiger partial charge in [0.05, 0.1) is 47.9 Å². The van der Waals surface area contributed by atoms with Crippen LogP contribution in [-0.2, 0) is 68.7 Å². The van der Waals surface area contributed by atoms with E-state index in [2.05, 4.69) is 49.1 Å². The largest absolute Gasteiger partial charge is 0.508 e. The summed E-state index contributed by atoms with van der Waals surface area (Å²) >= 11 is 15.6. The zero-order chi connectivity index (χ0) is 87.7. The number of rotatable bonds is 25. The predicted molar refractivity (Wildman–Crippen MR) is 426 cm³/mol. The molecule has 121 heavy (non-hydrogen) atoms. The van der Waals surface area contributed by atoms with E-state index in [0.717, 1.165) is 72.3 Å². The molecule has 2 fully saturated rings. The van der Waals surface area contributed by atoms with Crippen molar-refractivity contribution < 1.29 is 137 Å². The van der Waals surface area contributed by atoms with E-state index in [9.17, 15) is 84.9 Å². The number of primary amides is 1. The second-order valence-electron chi connectivity index (χ2n) is 29.5. The van der Waals surface area contributed by atoms with Crippen LogP contribution in [0.25, 0.3) is 11.1 Å². The molecule has 0 aromatic heterocycles. The van der Waals surface area contributed by atoms with Crippen LogP contribution in [0.5, 0.6) is 51.7 Å². The van der Waals surface area contributed by atoms with Crippen molar-refractivity contribution in [2.24, 2.45) is 11.5 Å². The average molecular weight is 1740 g/mol. The number of amides is 8. The third-order valence-corrected chi connectivity index (χ3v) is 22.0. The smallest absolute Gasteiger partial charge is 0.326 e. The second kappa shape index (κ2) is 39.1. The number of fused-ring (bicyclic) bond motifs is 15. The zero-order valence-electron chi connectivity index (χ0n) is 64.7. The fourth-order valence-corrected chi connectivity index (χ4v) is 15.2. The Morgan fingerprint density at radius 1 is 0.736 bits per heavy atom. The molecule has 7 heterocycles. The molecule has 0 saturated carbocycles. The van der Waals surface area contributed by atoms with Gasteiger partial charge >= 0.3 is 11.9 Å². The minimum Gasteiger partial charge on any atom is -0.508 e. The molecule has 19 atom stereocenters. The Balaban J connectivity index is 1.12. The van der Waals surface area contributed by atoms with Crippen LogP contribution >= 0.6 is 35.0 Å². The molecule has 23 N–H and O–H groups in total. The van der Waals surface area contributed by atoms with E-state index in [1.165, 1.54) is 17.8 Å². The fraction of sp³-hybridized carbons (Fsp3) is 0.400. The summed E-state index contributed by atoms with van der Waals surface area (Å²) in [5.74, 6) is -19.0. The minimum atomic E-state index is -2.44. The highest BCUT2D eigenvalue weighted by atomic mass is 35.5. The number of benzene rings is 6. The number of carbonyl (C=O) groups excluding carboxylic acids is 8. The lowest BCUT2D eigenvalue weighted by atomic mass is 9.84. The highest BCUT2D eigenvalue weighted by Gasteiger charge is 2.52. The SMILES string of the molecule is C=CCCOc1cccc(CN[C@@]2(C)C[C@H](O[C@H]3[C@H](Oc4c5cc6cc4Oc4ccc(cc4Cl)[C@@H](O)[C@@H](NC(=O)[C@@H](N)CCSC)C(=O)N[C@@H](CC(N)=O)C(=O)N[C@H]6C(=O)N[C@H]4C(=O)N[C@H](C(=O)N[C@H](C(=O)N[C@@H](CCC(=O)O)C(=O)O)c6cc(O)cc(O)c6-c6cc4ccc6O)[C@H](O)c4ccc(c(Cl)c4)O5)O[C@H](CO)[C@@H](O)[C@@H]3O)O[C@@H](C)[C@H]2O)c1. The number of ether oxygens (including phenoxy) is 7. The summed E-state index contributed by atoms with van der Waals surface area (Å²) in [5.41, 5.74) is 8.10. The molecule has 0 spiro atoms. The standard InChI is InChI=1S/C80H90Cl2N10O28S/c1-5-6-19-114-40-9-7-8-34(21-40)31-85-80(3)30-57(115-33(2)70(80)104)119-69-67(103)66(102)54(32-93)118-79(69)120-68-52-25-38-26-53(68)117-51-16-12-37(24-44(51)82)65(101)63-77(111)90-61(75(109)86-46(78(112)113)13-17-56(98)99)42-27-39(94)28-49(96)58(42)41-22-35(10-14-48(41)95)59(73(107)92-63)89-74(108)60(38)88-72(106)47(29-55(84)97)87-76(110)62(91-71(105)45(83)18-20-121-4)64(100)36-11-15-50(116-52)43(81)23-36/h5,7-12,14-16,21-28,33,45-47,54,57,59-67,69-70,79,85,93-96,100-104H,1,6,13,17-20,29-32,83H2,2-4H3,(H2,84,97)(H,86,109)(H,87,110)(H,88,106)(H,89,108)(H,90,111)(H,91,105)(H,92,107)(H,98,99)(H,112,113)/t33-,45-,46-,47-,54+,57-,59+,60+,61-,62+,63-,64+,65+,66+,67-,69+,70+,79-,80-/m0/s1. The first kappa shape index (κ1) is 90.6. The maximum absolute atomic E-state index is 16.3. The van der Waals surface area contributed by atoms with Gasteiger partial charge in [-0.2, -0.15) is 11.8 Å². The van der Waals surface area contributed by atoms with E-state index < -0.39 is 284 Å². The maximum Gasteiger partial charge on any atom is 0.326 e. The van der Waals surface area contributed by atoms with Crippen LogP contribution in [0.3, 0.4) is 0 Å². The predicted octanol–water partition coefficient (Wildman–Crippen LogP) is 1.69. The lowest BCUT2D eigenvalue weighted by Crippen LogP contribution is -2.65. The number of carboxylic acids is 2. The minimum absolute atomic E-state index is 0.0469. The Hall–Kier alpha value is -11.2. The van der Waals surface area contributed by atoms with Crippen LogP contribution in [0.4, 0.5) is 0 Å². The number of aromatic hydroxyl groups is 3. The number of carboxylic acid groups (broad SMARTS) is 2. The van der Waals surface area contributed by atoms with Gasteiger partial charge in [-0.15, -0.1) is 6.58 Å². The molecule has 41 heteroatoms. The highest BCUT2D eigenvalue weighted by molar-refractivity contribution is 7.98. The van der Waals surface area contributed by atoms with E-state index in [4.69, 9.17) is 67.8 Å². The topological polar surface area (TPSA) is 606 Å². The number of phenolic OH excluding ortho intramolecular Hbond substituents is 3. The molecule has 0 aliphatic carbocycles. The molecular weight excluding hydrogens is 1650 g/mol. The third kappa shape index (κ3) is 21.1. The molecule has 8 amide bonds. The van der Waals surface area contributed by atoms with Gasteiger partial charge in [0, 0.05) is 42.1 Å². The summed E-state index contributed by atoms with van der Waals surface area (Å²) in [5, 5.41) is 145. The quantitative estimate of drug-likeness (QED) is 0.0286. The number of nitrogens with two attached hydrogens (primary N) is 2. The Morgan fingerprint density at radius 3 is 2.02 bits per heavy atom. The number of nitrogens with one attached hydrogen (secondary N) is 8. The summed E-state index contributed by atoms with van der Waals surface area (Å²) in [6.07, 6.45) is -16.9. The summed E-state index contributed by atoms with van der Waals surface area (Å²) in [7, 11) is 0. The average Bonchev–Trinajstić information content (AvgIpc) is 0.767. The van der Waals surface area contributed by atoms with Crippen molar-refractivity contribution >= 4 is 94.2 Å². The maximum atomic E-state index is 16.3. The van der Waals surface area contributed by atoms with Gasteiger partial charge in [-0.3, -0.25) is 43.2 Å². The van der Waals surface area contributed by atoms with Gasteiger partial charge in [0.15, 0.2) is 23.9 Å². The fourth-order valence-electron chi connectivity index (χ4n) is 14.3. The van der Waals surface area contributed by atoms with Gasteiger partial charge in [0.1, 0.15) is 107 Å². The van der Waals surface area contributed by atoms with Crippen molar-refractivity contribution in [3.63, 3.8) is 0 Å². The molecule has 6 aromatic rings. The third-order valence-electron chi connectivity index (χ3n) is 20.8. The number of aliphatic hydroxyl groups excluding tert-OH is 6. The monoisotopic (exact) mass is 1740 g/mol. The van der Waals surface area contributed by atoms with E-state index >= 15 is 19.2 Å². The van der Waals surface area contributed by atoms with E-state index in [0.29, 0.717) is 30.6 Å². The first-order valence-corrected chi connectivity index (χ1v) is 40.0. The Labute approximate surface area is 703 Å². The van der Waals surface area contributed by atoms with Crippen molar-refractivity contribution in [2.75, 3.05) is 25.2 Å². The van der Waals surface area contributed by atoms with Gasteiger partial charge in [-0.05, 0) is 145 Å². The van der Waals surface area contributed by atoms with Crippen molar-refractivity contribution in [3.05, 3.63) is 159 Å². The van der Waals surface area contributed by atoms with E-state index in [-0.39, 0.29) is 30.5 Å². The molecule has 648 valence electrons. The number of phenols is 3. The van der Waals surface area contributed by atoms with Gasteiger partial charge < -0.3 is 143 Å². The molecule has 11 bridgehead atoms. The summed E-state index contributed by atoms with van der Waals surface area (Å²) < 4.78 is 45.3. The summed E-state index contributed by atoms with van der Waals surface area (Å²) in [6, 6.07) is 3.02. The number of aliphatic hydroxyl groups is 6. The molecule has 7 aliphatic rings. The normalized spacial score (nSPS) is 26.6. The van der Waals surface area contributed by atoms with E-state index in [1.54, 1.807) is 44.4 Å².